The number of rotatable bonds is 7. The van der Waals surface area contributed by atoms with E-state index >= 15 is 0 Å². The fourth-order valence-electron chi connectivity index (χ4n) is 3.71. The molecule has 1 atom stereocenters. The number of halogens is 2. The molecule has 4 aromatic rings. The van der Waals surface area contributed by atoms with Crippen LogP contribution in [0.3, 0.4) is 0 Å². The van der Waals surface area contributed by atoms with Crippen molar-refractivity contribution in [2.24, 2.45) is 0 Å². The molecule has 0 aliphatic carbocycles. The molecule has 186 valence electrons. The number of carbonyl (C=O) groups is 2. The summed E-state index contributed by atoms with van der Waals surface area (Å²) in [6.07, 6.45) is 0. The van der Waals surface area contributed by atoms with Crippen molar-refractivity contribution >= 4 is 58.2 Å². The third-order valence-corrected chi connectivity index (χ3v) is 7.34. The summed E-state index contributed by atoms with van der Waals surface area (Å²) in [6.45, 7) is 0.165. The molecule has 0 radical (unpaired) electrons. The Balaban J connectivity index is 1.30. The minimum absolute atomic E-state index is 0.165. The normalized spacial score (nSPS) is 12.6. The van der Waals surface area contributed by atoms with Crippen molar-refractivity contribution in [2.45, 2.75) is 10.1 Å². The van der Waals surface area contributed by atoms with Gasteiger partial charge < -0.3 is 20.1 Å². The van der Waals surface area contributed by atoms with Gasteiger partial charge in [-0.25, -0.2) is 0 Å². The predicted octanol–water partition coefficient (Wildman–Crippen LogP) is 7.45. The summed E-state index contributed by atoms with van der Waals surface area (Å²) < 4.78 is 10.8. The van der Waals surface area contributed by atoms with Gasteiger partial charge in [-0.05, 0) is 60.2 Å². The van der Waals surface area contributed by atoms with Gasteiger partial charge >= 0.3 is 0 Å². The van der Waals surface area contributed by atoms with Crippen LogP contribution in [0, 0.1) is 0 Å². The quantitative estimate of drug-likeness (QED) is 0.234. The lowest BCUT2D eigenvalue weighted by Crippen LogP contribution is -2.19. The van der Waals surface area contributed by atoms with Crippen LogP contribution in [0.4, 0.5) is 11.4 Å². The maximum atomic E-state index is 13.4. The third kappa shape index (κ3) is 6.02. The Kier molecular flexibility index (Phi) is 7.55. The second-order valence-electron chi connectivity index (χ2n) is 8.07. The third-order valence-electron chi connectivity index (χ3n) is 5.52. The van der Waals surface area contributed by atoms with Crippen molar-refractivity contribution in [1.82, 2.24) is 0 Å². The molecule has 1 unspecified atom stereocenters. The first kappa shape index (κ1) is 25.0. The van der Waals surface area contributed by atoms with Gasteiger partial charge in [-0.1, -0.05) is 53.5 Å². The first-order valence-corrected chi connectivity index (χ1v) is 12.9. The van der Waals surface area contributed by atoms with Gasteiger partial charge in [0.25, 0.3) is 5.91 Å². The van der Waals surface area contributed by atoms with Gasteiger partial charge in [0, 0.05) is 27.4 Å². The van der Waals surface area contributed by atoms with Crippen molar-refractivity contribution < 1.29 is 19.1 Å². The monoisotopic (exact) mass is 550 g/mol. The molecule has 6 nitrogen and oxygen atoms in total. The highest BCUT2D eigenvalue weighted by atomic mass is 35.5. The van der Waals surface area contributed by atoms with E-state index in [4.69, 9.17) is 32.7 Å². The van der Waals surface area contributed by atoms with Crippen molar-refractivity contribution in [2.75, 3.05) is 17.4 Å². The molecule has 4 aromatic carbocycles. The molecule has 2 N–H and O–H groups in total. The average molecular weight is 551 g/mol. The van der Waals surface area contributed by atoms with Gasteiger partial charge in [-0.2, -0.15) is 0 Å². The zero-order chi connectivity index (χ0) is 25.8. The minimum Gasteiger partial charge on any atom is -0.454 e. The maximum absolute atomic E-state index is 13.4. The number of hydrogen-bond acceptors (Lipinski definition) is 5. The molecule has 37 heavy (non-hydrogen) atoms. The summed E-state index contributed by atoms with van der Waals surface area (Å²) in [5, 5.41) is 6.03. The van der Waals surface area contributed by atoms with E-state index in [-0.39, 0.29) is 23.6 Å². The van der Waals surface area contributed by atoms with Crippen LogP contribution in [0.25, 0.3) is 0 Å². The molecule has 0 saturated carbocycles. The molecule has 0 fully saturated rings. The highest BCUT2D eigenvalue weighted by Gasteiger charge is 2.23. The van der Waals surface area contributed by atoms with E-state index in [0.29, 0.717) is 33.5 Å². The molecule has 2 amide bonds. The van der Waals surface area contributed by atoms with Crippen molar-refractivity contribution in [3.8, 4) is 11.5 Å². The van der Waals surface area contributed by atoms with Crippen molar-refractivity contribution in [1.29, 1.82) is 0 Å². The van der Waals surface area contributed by atoms with Crippen molar-refractivity contribution in [3.63, 3.8) is 0 Å². The lowest BCUT2D eigenvalue weighted by molar-refractivity contribution is -0.115. The summed E-state index contributed by atoms with van der Waals surface area (Å²) in [5.41, 5.74) is 2.41. The Morgan fingerprint density at radius 3 is 2.27 bits per heavy atom. The van der Waals surface area contributed by atoms with Crippen LogP contribution in [0.15, 0.2) is 95.9 Å². The lowest BCUT2D eigenvalue weighted by atomic mass is 10.1. The summed E-state index contributed by atoms with van der Waals surface area (Å²) >= 11 is 13.5. The molecular weight excluding hydrogens is 531 g/mol. The summed E-state index contributed by atoms with van der Waals surface area (Å²) in [7, 11) is 0. The first-order valence-electron chi connectivity index (χ1n) is 11.2. The van der Waals surface area contributed by atoms with E-state index < -0.39 is 5.25 Å². The van der Waals surface area contributed by atoms with E-state index in [2.05, 4.69) is 10.6 Å². The van der Waals surface area contributed by atoms with Crippen LogP contribution in [-0.2, 0) is 4.79 Å². The molecule has 1 heterocycles. The van der Waals surface area contributed by atoms with Gasteiger partial charge in [-0.3, -0.25) is 9.59 Å². The largest absolute Gasteiger partial charge is 0.454 e. The topological polar surface area (TPSA) is 76.7 Å². The van der Waals surface area contributed by atoms with Gasteiger partial charge in [0.2, 0.25) is 12.7 Å². The number of anilines is 2. The Morgan fingerprint density at radius 2 is 1.51 bits per heavy atom. The molecule has 5 rings (SSSR count). The highest BCUT2D eigenvalue weighted by Crippen LogP contribution is 2.38. The molecule has 0 spiro atoms. The van der Waals surface area contributed by atoms with E-state index in [1.165, 1.54) is 17.8 Å². The van der Waals surface area contributed by atoms with Crippen molar-refractivity contribution in [3.05, 3.63) is 112 Å². The number of fused-ring (bicyclic) bond motifs is 1. The van der Waals surface area contributed by atoms with Crippen LogP contribution < -0.4 is 20.1 Å². The molecule has 0 aromatic heterocycles. The van der Waals surface area contributed by atoms with E-state index in [9.17, 15) is 9.59 Å². The lowest BCUT2D eigenvalue weighted by Gasteiger charge is -2.17. The summed E-state index contributed by atoms with van der Waals surface area (Å²) in [4.78, 5) is 26.8. The number of amides is 2. The smallest absolute Gasteiger partial charge is 0.257 e. The van der Waals surface area contributed by atoms with Crippen LogP contribution in [0.1, 0.15) is 21.2 Å². The Morgan fingerprint density at radius 1 is 0.784 bits per heavy atom. The van der Waals surface area contributed by atoms with Gasteiger partial charge in [0.15, 0.2) is 11.5 Å². The molecule has 0 saturated heterocycles. The number of ether oxygens (including phenoxy) is 2. The predicted molar refractivity (Wildman–Crippen MR) is 147 cm³/mol. The number of benzene rings is 4. The maximum Gasteiger partial charge on any atom is 0.257 e. The summed E-state index contributed by atoms with van der Waals surface area (Å²) in [5.74, 6) is 0.730. The number of carbonyl (C=O) groups excluding carboxylic acids is 2. The second kappa shape index (κ2) is 11.2. The SMILES string of the molecule is O=C(Nc1ccc(SC(C(=O)Nc2ccc3c(c2)OCO3)c2ccccc2)cc1)c1ccc(Cl)cc1Cl. The van der Waals surface area contributed by atoms with E-state index in [1.54, 1.807) is 42.5 Å². The molecule has 1 aliphatic heterocycles. The van der Waals surface area contributed by atoms with Crippen LogP contribution in [0.5, 0.6) is 11.5 Å². The summed E-state index contributed by atoms with van der Waals surface area (Å²) in [6, 6.07) is 26.8. The number of hydrogen-bond donors (Lipinski definition) is 2. The zero-order valence-electron chi connectivity index (χ0n) is 19.2. The Hall–Kier alpha value is -3.65. The molecule has 9 heteroatoms. The molecule has 1 aliphatic rings. The highest BCUT2D eigenvalue weighted by molar-refractivity contribution is 8.00. The number of nitrogens with one attached hydrogen (secondary N) is 2. The fraction of sp³-hybridized carbons (Fsp3) is 0.0714. The second-order valence-corrected chi connectivity index (χ2v) is 10.1. The average Bonchev–Trinajstić information content (AvgIpc) is 3.36. The molecular formula is C28H20Cl2N2O4S. The van der Waals surface area contributed by atoms with Gasteiger partial charge in [0.05, 0.1) is 10.6 Å². The van der Waals surface area contributed by atoms with Crippen LogP contribution in [-0.4, -0.2) is 18.6 Å². The number of thioether (sulfide) groups is 1. The molecule has 0 bridgehead atoms. The minimum atomic E-state index is -0.514. The van der Waals surface area contributed by atoms with Gasteiger partial charge in [0.1, 0.15) is 5.25 Å². The zero-order valence-corrected chi connectivity index (χ0v) is 21.6. The van der Waals surface area contributed by atoms with Gasteiger partial charge in [-0.15, -0.1) is 11.8 Å². The fourth-order valence-corrected chi connectivity index (χ4v) is 5.23. The van der Waals surface area contributed by atoms with E-state index in [0.717, 1.165) is 10.5 Å². The Labute approximate surface area is 227 Å². The first-order chi connectivity index (χ1) is 18.0. The van der Waals surface area contributed by atoms with Crippen LogP contribution >= 0.6 is 35.0 Å². The Bertz CT molecular complexity index is 1450. The van der Waals surface area contributed by atoms with E-state index in [1.807, 2.05) is 42.5 Å². The van der Waals surface area contributed by atoms with Crippen LogP contribution in [0.2, 0.25) is 10.0 Å². The standard InChI is InChI=1S/C28H20Cl2N2O4S/c29-18-6-12-22(23(30)14-18)27(33)31-19-7-10-21(11-8-19)37-26(17-4-2-1-3-5-17)28(34)32-20-9-13-24-25(15-20)36-16-35-24/h1-15,26H,16H2,(H,31,33)(H,32,34).